The van der Waals surface area contributed by atoms with Gasteiger partial charge in [0, 0.05) is 24.0 Å². The molecule has 90 valence electrons. The number of halogens is 2. The van der Waals surface area contributed by atoms with E-state index >= 15 is 0 Å². The molecule has 16 heavy (non-hydrogen) atoms. The first kappa shape index (κ1) is 15.4. The third kappa shape index (κ3) is 5.49. The smallest absolute Gasteiger partial charge is 0.221 e. The Bertz CT molecular complexity index is 334. The molecule has 0 atom stereocenters. The first-order chi connectivity index (χ1) is 7.24. The molecule has 0 aliphatic carbocycles. The van der Waals surface area contributed by atoms with Crippen LogP contribution in [0, 0.1) is 0 Å². The van der Waals surface area contributed by atoms with Crippen molar-refractivity contribution in [1.29, 1.82) is 0 Å². The summed E-state index contributed by atoms with van der Waals surface area (Å²) in [5, 5.41) is 5.80. The van der Waals surface area contributed by atoms with Crippen LogP contribution in [0.4, 0.5) is 0 Å². The lowest BCUT2D eigenvalue weighted by atomic mass is 10.2. The summed E-state index contributed by atoms with van der Waals surface area (Å²) in [4.78, 5) is 11.3. The average molecular weight is 308 g/mol. The number of hydrogen-bond acceptors (Lipinski definition) is 2. The largest absolute Gasteiger partial charge is 0.352 e. The molecule has 0 unspecified atom stereocenters. The van der Waals surface area contributed by atoms with E-state index in [1.54, 1.807) is 0 Å². The average Bonchev–Trinajstić information content (AvgIpc) is 2.25. The van der Waals surface area contributed by atoms with Gasteiger partial charge in [0.1, 0.15) is 0 Å². The van der Waals surface area contributed by atoms with Crippen LogP contribution in [0.3, 0.4) is 0 Å². The van der Waals surface area contributed by atoms with Crippen LogP contribution in [0.2, 0.25) is 0 Å². The molecule has 0 aliphatic heterocycles. The van der Waals surface area contributed by atoms with Crippen molar-refractivity contribution in [2.45, 2.75) is 13.0 Å². The zero-order chi connectivity index (χ0) is 11.1. The summed E-state index contributed by atoms with van der Waals surface area (Å²) >= 11 is 3.44. The van der Waals surface area contributed by atoms with Crippen molar-refractivity contribution in [2.24, 2.45) is 0 Å². The molecule has 0 fully saturated rings. The molecular formula is C11H16BrClN2O. The van der Waals surface area contributed by atoms with Crippen molar-refractivity contribution >= 4 is 34.2 Å². The summed E-state index contributed by atoms with van der Waals surface area (Å²) in [5.41, 5.74) is 1.09. The lowest BCUT2D eigenvalue weighted by Crippen LogP contribution is -2.26. The Morgan fingerprint density at radius 1 is 1.38 bits per heavy atom. The van der Waals surface area contributed by atoms with Crippen molar-refractivity contribution < 1.29 is 4.79 Å². The number of carbonyl (C=O) groups is 1. The number of nitrogens with one attached hydrogen (secondary N) is 2. The Hall–Kier alpha value is -0.580. The standard InChI is InChI=1S/C11H15BrN2O.ClH/c1-13-7-6-11(15)14-8-9-4-2-3-5-10(9)12;/h2-5,13H,6-8H2,1H3,(H,14,15);1H. The minimum absolute atomic E-state index is 0. The molecule has 0 bridgehead atoms. The molecular weight excluding hydrogens is 291 g/mol. The molecule has 0 aromatic heterocycles. The minimum atomic E-state index is 0. The fourth-order valence-corrected chi connectivity index (χ4v) is 1.59. The van der Waals surface area contributed by atoms with Gasteiger partial charge in [0.2, 0.25) is 5.91 Å². The number of carbonyl (C=O) groups excluding carboxylic acids is 1. The molecule has 0 heterocycles. The molecule has 0 saturated carbocycles. The molecule has 0 radical (unpaired) electrons. The first-order valence-corrected chi connectivity index (χ1v) is 5.68. The van der Waals surface area contributed by atoms with Crippen molar-refractivity contribution in [3.8, 4) is 0 Å². The molecule has 0 spiro atoms. The van der Waals surface area contributed by atoms with Crippen LogP contribution in [0.25, 0.3) is 0 Å². The van der Waals surface area contributed by atoms with Crippen LogP contribution in [-0.2, 0) is 11.3 Å². The number of hydrogen-bond donors (Lipinski definition) is 2. The fourth-order valence-electron chi connectivity index (χ4n) is 1.16. The van der Waals surface area contributed by atoms with E-state index in [-0.39, 0.29) is 18.3 Å². The van der Waals surface area contributed by atoms with Gasteiger partial charge < -0.3 is 10.6 Å². The van der Waals surface area contributed by atoms with E-state index in [0.29, 0.717) is 19.5 Å². The second kappa shape index (κ2) is 8.56. The number of amides is 1. The quantitative estimate of drug-likeness (QED) is 0.874. The van der Waals surface area contributed by atoms with Gasteiger partial charge in [-0.15, -0.1) is 12.4 Å². The van der Waals surface area contributed by atoms with E-state index in [9.17, 15) is 4.79 Å². The zero-order valence-corrected chi connectivity index (χ0v) is 11.5. The highest BCUT2D eigenvalue weighted by Crippen LogP contribution is 2.15. The third-order valence-corrected chi connectivity index (χ3v) is 2.81. The van der Waals surface area contributed by atoms with Crippen LogP contribution < -0.4 is 10.6 Å². The van der Waals surface area contributed by atoms with Crippen LogP contribution in [-0.4, -0.2) is 19.5 Å². The van der Waals surface area contributed by atoms with Gasteiger partial charge >= 0.3 is 0 Å². The lowest BCUT2D eigenvalue weighted by Gasteiger charge is -2.06. The Kier molecular flexibility index (Phi) is 8.25. The maximum Gasteiger partial charge on any atom is 0.221 e. The van der Waals surface area contributed by atoms with Gasteiger partial charge in [-0.2, -0.15) is 0 Å². The Balaban J connectivity index is 0.00000225. The van der Waals surface area contributed by atoms with Crippen molar-refractivity contribution in [2.75, 3.05) is 13.6 Å². The van der Waals surface area contributed by atoms with Gasteiger partial charge in [0.05, 0.1) is 0 Å². The van der Waals surface area contributed by atoms with E-state index in [1.165, 1.54) is 0 Å². The SMILES string of the molecule is CNCCC(=O)NCc1ccccc1Br.Cl. The summed E-state index contributed by atoms with van der Waals surface area (Å²) < 4.78 is 1.03. The van der Waals surface area contributed by atoms with Gasteiger partial charge in [-0.05, 0) is 18.7 Å². The predicted molar refractivity (Wildman–Crippen MR) is 71.8 cm³/mol. The summed E-state index contributed by atoms with van der Waals surface area (Å²) in [6.07, 6.45) is 0.515. The van der Waals surface area contributed by atoms with Crippen LogP contribution in [0.15, 0.2) is 28.7 Å². The van der Waals surface area contributed by atoms with Crippen molar-refractivity contribution in [1.82, 2.24) is 10.6 Å². The Morgan fingerprint density at radius 3 is 2.69 bits per heavy atom. The van der Waals surface area contributed by atoms with Crippen LogP contribution in [0.1, 0.15) is 12.0 Å². The number of benzene rings is 1. The Morgan fingerprint density at radius 2 is 2.06 bits per heavy atom. The monoisotopic (exact) mass is 306 g/mol. The highest BCUT2D eigenvalue weighted by molar-refractivity contribution is 9.10. The molecule has 2 N–H and O–H groups in total. The Labute approximate surface area is 111 Å². The van der Waals surface area contributed by atoms with E-state index in [4.69, 9.17) is 0 Å². The molecule has 5 heteroatoms. The first-order valence-electron chi connectivity index (χ1n) is 4.88. The van der Waals surface area contributed by atoms with Gasteiger partial charge in [-0.25, -0.2) is 0 Å². The molecule has 1 rings (SSSR count). The van der Waals surface area contributed by atoms with Crippen molar-refractivity contribution in [3.63, 3.8) is 0 Å². The predicted octanol–water partition coefficient (Wildman–Crippen LogP) is 2.10. The summed E-state index contributed by atoms with van der Waals surface area (Å²) in [6, 6.07) is 7.87. The molecule has 1 aromatic carbocycles. The molecule has 1 aromatic rings. The summed E-state index contributed by atoms with van der Waals surface area (Å²) in [6.45, 7) is 1.28. The second-order valence-corrected chi connectivity index (χ2v) is 4.08. The van der Waals surface area contributed by atoms with Gasteiger partial charge in [0.15, 0.2) is 0 Å². The fraction of sp³-hybridized carbons (Fsp3) is 0.364. The maximum absolute atomic E-state index is 11.3. The van der Waals surface area contributed by atoms with Gasteiger partial charge in [0.25, 0.3) is 0 Å². The molecule has 0 saturated heterocycles. The third-order valence-electron chi connectivity index (χ3n) is 2.04. The van der Waals surface area contributed by atoms with Crippen molar-refractivity contribution in [3.05, 3.63) is 34.3 Å². The second-order valence-electron chi connectivity index (χ2n) is 3.22. The zero-order valence-electron chi connectivity index (χ0n) is 9.13. The molecule has 3 nitrogen and oxygen atoms in total. The van der Waals surface area contributed by atoms with Gasteiger partial charge in [-0.1, -0.05) is 34.1 Å². The lowest BCUT2D eigenvalue weighted by molar-refractivity contribution is -0.121. The highest BCUT2D eigenvalue weighted by atomic mass is 79.9. The summed E-state index contributed by atoms with van der Waals surface area (Å²) in [5.74, 6) is 0.0695. The van der Waals surface area contributed by atoms with Crippen LogP contribution in [0.5, 0.6) is 0 Å². The van der Waals surface area contributed by atoms with E-state index in [2.05, 4.69) is 26.6 Å². The normalized spacial score (nSPS) is 9.38. The van der Waals surface area contributed by atoms with E-state index < -0.39 is 0 Å². The summed E-state index contributed by atoms with van der Waals surface area (Å²) in [7, 11) is 1.83. The van der Waals surface area contributed by atoms with E-state index in [0.717, 1.165) is 10.0 Å². The number of rotatable bonds is 5. The van der Waals surface area contributed by atoms with Crippen LogP contribution >= 0.6 is 28.3 Å². The topological polar surface area (TPSA) is 41.1 Å². The molecule has 0 aliphatic rings. The maximum atomic E-state index is 11.3. The highest BCUT2D eigenvalue weighted by Gasteiger charge is 2.02. The van der Waals surface area contributed by atoms with Gasteiger partial charge in [-0.3, -0.25) is 4.79 Å². The molecule has 1 amide bonds. The van der Waals surface area contributed by atoms with E-state index in [1.807, 2.05) is 31.3 Å². The minimum Gasteiger partial charge on any atom is -0.352 e.